The molecule has 1 aromatic heterocycles. The summed E-state index contributed by atoms with van der Waals surface area (Å²) in [6.45, 7) is 1.43. The smallest absolute Gasteiger partial charge is 0.223 e. The van der Waals surface area contributed by atoms with Crippen molar-refractivity contribution >= 4 is 18.5 Å². The van der Waals surface area contributed by atoms with Crippen molar-refractivity contribution < 1.29 is 9.53 Å². The zero-order chi connectivity index (χ0) is 12.3. The molecule has 0 saturated carbocycles. The number of hydrogen-bond donors (Lipinski definition) is 1. The minimum absolute atomic E-state index is 0.208. The molecule has 1 aliphatic heterocycles. The highest BCUT2D eigenvalue weighted by Crippen LogP contribution is 2.21. The third-order valence-electron chi connectivity index (χ3n) is 2.93. The van der Waals surface area contributed by atoms with Gasteiger partial charge < -0.3 is 9.64 Å². The van der Waals surface area contributed by atoms with E-state index >= 15 is 0 Å². The molecule has 1 saturated heterocycles. The van der Waals surface area contributed by atoms with E-state index < -0.39 is 0 Å². The maximum absolute atomic E-state index is 11.7. The SMILES string of the molecule is COc1ccc(CN2CC(CS)CC2=O)cn1. The summed E-state index contributed by atoms with van der Waals surface area (Å²) in [5.41, 5.74) is 1.03. The van der Waals surface area contributed by atoms with E-state index in [1.807, 2.05) is 17.0 Å². The quantitative estimate of drug-likeness (QED) is 0.823. The molecule has 17 heavy (non-hydrogen) atoms. The number of carbonyl (C=O) groups excluding carboxylic acids is 1. The second-order valence-corrected chi connectivity index (χ2v) is 4.60. The highest BCUT2D eigenvalue weighted by atomic mass is 32.1. The predicted octanol–water partition coefficient (Wildman–Crippen LogP) is 1.37. The first-order valence-electron chi connectivity index (χ1n) is 5.60. The van der Waals surface area contributed by atoms with E-state index in [2.05, 4.69) is 17.6 Å². The van der Waals surface area contributed by atoms with Gasteiger partial charge in [0.2, 0.25) is 11.8 Å². The normalized spacial score (nSPS) is 19.8. The zero-order valence-corrected chi connectivity index (χ0v) is 10.7. The van der Waals surface area contributed by atoms with E-state index in [0.717, 1.165) is 17.9 Å². The maximum atomic E-state index is 11.7. The van der Waals surface area contributed by atoms with Crippen LogP contribution < -0.4 is 4.74 Å². The number of rotatable bonds is 4. The van der Waals surface area contributed by atoms with E-state index in [9.17, 15) is 4.79 Å². The molecule has 1 aliphatic rings. The van der Waals surface area contributed by atoms with Gasteiger partial charge in [-0.05, 0) is 17.2 Å². The number of ether oxygens (including phenoxy) is 1. The van der Waals surface area contributed by atoms with Crippen LogP contribution in [-0.4, -0.2) is 35.2 Å². The molecule has 1 amide bonds. The Labute approximate surface area is 106 Å². The monoisotopic (exact) mass is 252 g/mol. The Morgan fingerprint density at radius 2 is 2.41 bits per heavy atom. The fraction of sp³-hybridized carbons (Fsp3) is 0.500. The van der Waals surface area contributed by atoms with Crippen LogP contribution in [0, 0.1) is 5.92 Å². The van der Waals surface area contributed by atoms with Gasteiger partial charge in [0.1, 0.15) is 0 Å². The van der Waals surface area contributed by atoms with Gasteiger partial charge in [-0.15, -0.1) is 0 Å². The fourth-order valence-corrected chi connectivity index (χ4v) is 2.22. The Kier molecular flexibility index (Phi) is 3.89. The average molecular weight is 252 g/mol. The first kappa shape index (κ1) is 12.2. The molecular weight excluding hydrogens is 236 g/mol. The lowest BCUT2D eigenvalue weighted by Gasteiger charge is -2.16. The topological polar surface area (TPSA) is 42.4 Å². The van der Waals surface area contributed by atoms with Gasteiger partial charge in [0.15, 0.2) is 0 Å². The van der Waals surface area contributed by atoms with E-state index in [1.165, 1.54) is 0 Å². The number of carbonyl (C=O) groups is 1. The molecule has 5 heteroatoms. The zero-order valence-electron chi connectivity index (χ0n) is 9.80. The number of hydrogen-bond acceptors (Lipinski definition) is 4. The van der Waals surface area contributed by atoms with Gasteiger partial charge in [-0.1, -0.05) is 6.07 Å². The largest absolute Gasteiger partial charge is 0.481 e. The van der Waals surface area contributed by atoms with Gasteiger partial charge in [-0.25, -0.2) is 4.98 Å². The average Bonchev–Trinajstić information content (AvgIpc) is 2.71. The molecule has 92 valence electrons. The second kappa shape index (κ2) is 5.40. The van der Waals surface area contributed by atoms with E-state index in [4.69, 9.17) is 4.74 Å². The highest BCUT2D eigenvalue weighted by Gasteiger charge is 2.28. The summed E-state index contributed by atoms with van der Waals surface area (Å²) in [5, 5.41) is 0. The van der Waals surface area contributed by atoms with Crippen LogP contribution in [0.5, 0.6) is 5.88 Å². The van der Waals surface area contributed by atoms with Crippen LogP contribution in [0.15, 0.2) is 18.3 Å². The maximum Gasteiger partial charge on any atom is 0.223 e. The van der Waals surface area contributed by atoms with Crippen LogP contribution in [0.1, 0.15) is 12.0 Å². The van der Waals surface area contributed by atoms with Gasteiger partial charge in [0.05, 0.1) is 7.11 Å². The number of methoxy groups -OCH3 is 1. The number of amides is 1. The van der Waals surface area contributed by atoms with Crippen molar-refractivity contribution in [2.75, 3.05) is 19.4 Å². The molecule has 1 unspecified atom stereocenters. The summed E-state index contributed by atoms with van der Waals surface area (Å²) in [4.78, 5) is 17.7. The van der Waals surface area contributed by atoms with Crippen LogP contribution in [0.25, 0.3) is 0 Å². The molecule has 0 aromatic carbocycles. The van der Waals surface area contributed by atoms with Gasteiger partial charge in [0.25, 0.3) is 0 Å². The number of pyridine rings is 1. The van der Waals surface area contributed by atoms with Crippen LogP contribution >= 0.6 is 12.6 Å². The molecule has 1 fully saturated rings. The molecule has 0 bridgehead atoms. The van der Waals surface area contributed by atoms with E-state index in [1.54, 1.807) is 13.3 Å². The van der Waals surface area contributed by atoms with Crippen molar-refractivity contribution in [2.24, 2.45) is 5.92 Å². The molecule has 0 aliphatic carbocycles. The van der Waals surface area contributed by atoms with Crippen molar-refractivity contribution in [2.45, 2.75) is 13.0 Å². The van der Waals surface area contributed by atoms with Gasteiger partial charge in [0, 0.05) is 31.8 Å². The van der Waals surface area contributed by atoms with E-state index in [-0.39, 0.29) is 5.91 Å². The Morgan fingerprint density at radius 1 is 1.59 bits per heavy atom. The number of nitrogens with zero attached hydrogens (tertiary/aromatic N) is 2. The molecule has 2 rings (SSSR count). The Bertz CT molecular complexity index is 394. The minimum Gasteiger partial charge on any atom is -0.481 e. The van der Waals surface area contributed by atoms with E-state index in [0.29, 0.717) is 24.8 Å². The molecular formula is C12H16N2O2S. The van der Waals surface area contributed by atoms with Crippen LogP contribution in [0.2, 0.25) is 0 Å². The van der Waals surface area contributed by atoms with Crippen LogP contribution in [-0.2, 0) is 11.3 Å². The van der Waals surface area contributed by atoms with Crippen molar-refractivity contribution in [1.82, 2.24) is 9.88 Å². The summed E-state index contributed by atoms with van der Waals surface area (Å²) >= 11 is 4.24. The molecule has 1 atom stereocenters. The van der Waals surface area contributed by atoms with Crippen molar-refractivity contribution in [1.29, 1.82) is 0 Å². The lowest BCUT2D eigenvalue weighted by atomic mass is 10.1. The first-order valence-corrected chi connectivity index (χ1v) is 6.23. The minimum atomic E-state index is 0.208. The molecule has 4 nitrogen and oxygen atoms in total. The number of aromatic nitrogens is 1. The van der Waals surface area contributed by atoms with Crippen LogP contribution in [0.4, 0.5) is 0 Å². The van der Waals surface area contributed by atoms with Crippen LogP contribution in [0.3, 0.4) is 0 Å². The lowest BCUT2D eigenvalue weighted by Crippen LogP contribution is -2.24. The molecule has 2 heterocycles. The Balaban J connectivity index is 1.98. The number of likely N-dealkylation sites (tertiary alicyclic amines) is 1. The molecule has 0 radical (unpaired) electrons. The fourth-order valence-electron chi connectivity index (χ4n) is 1.97. The highest BCUT2D eigenvalue weighted by molar-refractivity contribution is 7.80. The summed E-state index contributed by atoms with van der Waals surface area (Å²) in [6, 6.07) is 3.75. The Hall–Kier alpha value is -1.23. The van der Waals surface area contributed by atoms with Crippen molar-refractivity contribution in [3.63, 3.8) is 0 Å². The van der Waals surface area contributed by atoms with Gasteiger partial charge in [-0.3, -0.25) is 4.79 Å². The number of thiol groups is 1. The summed E-state index contributed by atoms with van der Waals surface area (Å²) in [5.74, 6) is 1.95. The Morgan fingerprint density at radius 3 is 2.94 bits per heavy atom. The van der Waals surface area contributed by atoms with Gasteiger partial charge >= 0.3 is 0 Å². The van der Waals surface area contributed by atoms with Gasteiger partial charge in [-0.2, -0.15) is 12.6 Å². The molecule has 0 N–H and O–H groups in total. The third-order valence-corrected chi connectivity index (χ3v) is 3.45. The second-order valence-electron chi connectivity index (χ2n) is 4.24. The standard InChI is InChI=1S/C12H16N2O2S/c1-16-11-3-2-9(5-13-11)6-14-7-10(8-17)4-12(14)15/h2-3,5,10,17H,4,6-8H2,1H3. The summed E-state index contributed by atoms with van der Waals surface area (Å²) in [6.07, 6.45) is 2.37. The predicted molar refractivity (Wildman–Crippen MR) is 68.2 cm³/mol. The first-order chi connectivity index (χ1) is 8.22. The summed E-state index contributed by atoms with van der Waals surface area (Å²) in [7, 11) is 1.59. The molecule has 0 spiro atoms. The lowest BCUT2D eigenvalue weighted by molar-refractivity contribution is -0.128. The third kappa shape index (κ3) is 2.91. The molecule has 1 aromatic rings. The summed E-state index contributed by atoms with van der Waals surface area (Å²) < 4.78 is 4.99. The van der Waals surface area contributed by atoms with Crippen molar-refractivity contribution in [3.05, 3.63) is 23.9 Å². The van der Waals surface area contributed by atoms with Crippen molar-refractivity contribution in [3.8, 4) is 5.88 Å².